The quantitative estimate of drug-likeness (QED) is 0.171. The number of nitrogens with one attached hydrogen (secondary N) is 1. The van der Waals surface area contributed by atoms with Crippen LogP contribution in [0, 0.1) is 5.92 Å². The molecule has 1 aliphatic heterocycles. The second kappa shape index (κ2) is 14.0. The second-order valence-corrected chi connectivity index (χ2v) is 9.26. The number of ether oxygens (including phenoxy) is 4. The minimum Gasteiger partial charge on any atom is -0.479 e. The van der Waals surface area contributed by atoms with Gasteiger partial charge in [0.25, 0.3) is 0 Å². The van der Waals surface area contributed by atoms with Crippen LogP contribution in [0.1, 0.15) is 54.4 Å². The molecule has 9 unspecified atom stereocenters. The van der Waals surface area contributed by atoms with E-state index in [2.05, 4.69) is 5.32 Å². The van der Waals surface area contributed by atoms with Crippen LogP contribution in [0.15, 0.2) is 0 Å². The highest BCUT2D eigenvalue weighted by molar-refractivity contribution is 5.79. The van der Waals surface area contributed by atoms with E-state index in [0.717, 1.165) is 0 Å². The van der Waals surface area contributed by atoms with Crippen molar-refractivity contribution in [1.82, 2.24) is 5.32 Å². The van der Waals surface area contributed by atoms with Crippen molar-refractivity contribution in [2.75, 3.05) is 6.61 Å². The molecule has 1 heterocycles. The van der Waals surface area contributed by atoms with Crippen molar-refractivity contribution >= 4 is 24.4 Å². The van der Waals surface area contributed by atoms with Crippen LogP contribution in [0.2, 0.25) is 0 Å². The lowest BCUT2D eigenvalue weighted by atomic mass is 9.85. The van der Waals surface area contributed by atoms with Crippen molar-refractivity contribution in [3.63, 3.8) is 0 Å². The highest BCUT2D eigenvalue weighted by Crippen LogP contribution is 2.30. The van der Waals surface area contributed by atoms with E-state index in [-0.39, 0.29) is 18.5 Å². The molecule has 0 radical (unpaired) electrons. The predicted molar refractivity (Wildman–Crippen MR) is 121 cm³/mol. The second-order valence-electron chi connectivity index (χ2n) is 9.26. The molecule has 1 rings (SSSR count). The van der Waals surface area contributed by atoms with Crippen LogP contribution in [0.5, 0.6) is 0 Å². The lowest BCUT2D eigenvalue weighted by molar-refractivity contribution is -0.266. The molecule has 12 nitrogen and oxygen atoms in total. The molecule has 0 aromatic heterocycles. The summed E-state index contributed by atoms with van der Waals surface area (Å²) in [7, 11) is 0. The van der Waals surface area contributed by atoms with Crippen LogP contribution < -0.4 is 5.32 Å². The predicted octanol–water partition coefficient (Wildman–Crippen LogP) is -0.189. The van der Waals surface area contributed by atoms with E-state index in [1.807, 2.05) is 13.8 Å². The first-order chi connectivity index (χ1) is 16.3. The number of amides is 1. The molecular weight excluding hydrogens is 466 g/mol. The molecule has 0 bridgehead atoms. The van der Waals surface area contributed by atoms with Crippen LogP contribution in [-0.4, -0.2) is 101 Å². The number of hydrogen-bond donors (Lipinski definition) is 4. The van der Waals surface area contributed by atoms with Gasteiger partial charge in [-0.05, 0) is 26.2 Å². The molecule has 9 atom stereocenters. The third-order valence-corrected chi connectivity index (χ3v) is 6.18. The number of aldehydes is 2. The minimum absolute atomic E-state index is 0.147. The zero-order valence-electron chi connectivity index (χ0n) is 21.1. The molecule has 1 aliphatic rings. The van der Waals surface area contributed by atoms with Crippen molar-refractivity contribution in [2.45, 2.75) is 109 Å². The van der Waals surface area contributed by atoms with Gasteiger partial charge in [0.05, 0.1) is 24.4 Å². The Morgan fingerprint density at radius 3 is 2.26 bits per heavy atom. The van der Waals surface area contributed by atoms with Gasteiger partial charge in [-0.25, -0.2) is 4.79 Å². The molecule has 0 spiro atoms. The highest BCUT2D eigenvalue weighted by atomic mass is 16.7. The van der Waals surface area contributed by atoms with Gasteiger partial charge in [-0.3, -0.25) is 9.59 Å². The van der Waals surface area contributed by atoms with Gasteiger partial charge < -0.3 is 44.4 Å². The van der Waals surface area contributed by atoms with Gasteiger partial charge in [0.15, 0.2) is 24.8 Å². The lowest BCUT2D eigenvalue weighted by Gasteiger charge is -2.47. The summed E-state index contributed by atoms with van der Waals surface area (Å²) in [5, 5.41) is 32.8. The Labute approximate surface area is 205 Å². The normalized spacial score (nSPS) is 28.4. The van der Waals surface area contributed by atoms with Gasteiger partial charge in [-0.15, -0.1) is 0 Å². The van der Waals surface area contributed by atoms with Crippen LogP contribution in [0.3, 0.4) is 0 Å². The third-order valence-electron chi connectivity index (χ3n) is 6.18. The molecule has 0 aromatic rings. The van der Waals surface area contributed by atoms with E-state index >= 15 is 0 Å². The molecule has 1 fully saturated rings. The molecule has 12 heteroatoms. The summed E-state index contributed by atoms with van der Waals surface area (Å²) in [6.07, 6.45) is -8.38. The van der Waals surface area contributed by atoms with Gasteiger partial charge >= 0.3 is 5.97 Å². The van der Waals surface area contributed by atoms with Gasteiger partial charge in [0, 0.05) is 6.92 Å². The van der Waals surface area contributed by atoms with Crippen molar-refractivity contribution in [3.05, 3.63) is 0 Å². The monoisotopic (exact) mass is 505 g/mol. The number of aliphatic carboxylic acids is 1. The van der Waals surface area contributed by atoms with Gasteiger partial charge in [-0.1, -0.05) is 27.2 Å². The molecular formula is C23H39NO11. The van der Waals surface area contributed by atoms with Crippen LogP contribution >= 0.6 is 0 Å². The standard InChI is InChI=1S/C23H39NO11/c1-7-12(3)19-17(24-13(4)28)21(18(29)14(9-25)32-19)34-16(11-27)33-20(22(30)31)15(10-26)35-23(5,6)8-2/h10-12,14-21,25,29H,7-9H2,1-6H3,(H,24,28)(H,30,31). The average Bonchev–Trinajstić information content (AvgIpc) is 2.81. The number of carboxylic acid groups (broad SMARTS) is 1. The first kappa shape index (κ1) is 31.1. The maximum atomic E-state index is 11.9. The van der Waals surface area contributed by atoms with Gasteiger partial charge in [0.2, 0.25) is 12.2 Å². The number of rotatable bonds is 15. The van der Waals surface area contributed by atoms with E-state index in [1.165, 1.54) is 6.92 Å². The first-order valence-corrected chi connectivity index (χ1v) is 11.7. The van der Waals surface area contributed by atoms with Crippen molar-refractivity contribution < 1.29 is 53.4 Å². The smallest absolute Gasteiger partial charge is 0.336 e. The summed E-state index contributed by atoms with van der Waals surface area (Å²) in [6.45, 7) is 9.53. The molecule has 1 saturated heterocycles. The largest absolute Gasteiger partial charge is 0.479 e. The summed E-state index contributed by atoms with van der Waals surface area (Å²) in [6, 6.07) is -0.952. The summed E-state index contributed by atoms with van der Waals surface area (Å²) < 4.78 is 22.4. The zero-order chi connectivity index (χ0) is 26.9. The Kier molecular flexibility index (Phi) is 12.4. The van der Waals surface area contributed by atoms with Crippen molar-refractivity contribution in [1.29, 1.82) is 0 Å². The van der Waals surface area contributed by atoms with Gasteiger partial charge in [0.1, 0.15) is 18.3 Å². The Morgan fingerprint density at radius 1 is 1.20 bits per heavy atom. The maximum Gasteiger partial charge on any atom is 0.336 e. The molecule has 4 N–H and O–H groups in total. The number of carbonyl (C=O) groups excluding carboxylic acids is 3. The van der Waals surface area contributed by atoms with Crippen LogP contribution in [0.4, 0.5) is 0 Å². The molecule has 0 aliphatic carbocycles. The Morgan fingerprint density at radius 2 is 1.83 bits per heavy atom. The molecule has 1 amide bonds. The van der Waals surface area contributed by atoms with E-state index < -0.39 is 73.0 Å². The van der Waals surface area contributed by atoms with E-state index in [1.54, 1.807) is 20.8 Å². The fourth-order valence-electron chi connectivity index (χ4n) is 3.70. The van der Waals surface area contributed by atoms with E-state index in [4.69, 9.17) is 18.9 Å². The minimum atomic E-state index is -1.90. The molecule has 0 aromatic carbocycles. The number of carboxylic acids is 1. The Balaban J connectivity index is 3.26. The molecule has 202 valence electrons. The fourth-order valence-corrected chi connectivity index (χ4v) is 3.70. The third kappa shape index (κ3) is 8.58. The first-order valence-electron chi connectivity index (χ1n) is 11.7. The topological polar surface area (TPSA) is 178 Å². The summed E-state index contributed by atoms with van der Waals surface area (Å²) in [5.41, 5.74) is -0.856. The summed E-state index contributed by atoms with van der Waals surface area (Å²) in [5.74, 6) is -2.18. The Bertz CT molecular complexity index is 716. The van der Waals surface area contributed by atoms with Crippen molar-refractivity contribution in [2.24, 2.45) is 5.92 Å². The fraction of sp³-hybridized carbons (Fsp3) is 0.826. The average molecular weight is 506 g/mol. The molecule has 0 saturated carbocycles. The SMILES string of the molecule is CCC(C)C1OC(CO)C(O)C(OC(C=O)OC(C(=O)O)C(C=O)OC(C)(C)CC)C1NC(C)=O. The van der Waals surface area contributed by atoms with E-state index in [9.17, 15) is 34.5 Å². The maximum absolute atomic E-state index is 11.9. The van der Waals surface area contributed by atoms with Crippen molar-refractivity contribution in [3.8, 4) is 0 Å². The highest BCUT2D eigenvalue weighted by Gasteiger charge is 2.49. The Hall–Kier alpha value is -1.96. The summed E-state index contributed by atoms with van der Waals surface area (Å²) >= 11 is 0. The number of carbonyl (C=O) groups is 4. The number of aliphatic hydroxyl groups excluding tert-OH is 2. The molecule has 35 heavy (non-hydrogen) atoms. The zero-order valence-corrected chi connectivity index (χ0v) is 21.1. The van der Waals surface area contributed by atoms with E-state index in [0.29, 0.717) is 12.8 Å². The number of aliphatic hydroxyl groups is 2. The van der Waals surface area contributed by atoms with Gasteiger partial charge in [-0.2, -0.15) is 0 Å². The summed E-state index contributed by atoms with van der Waals surface area (Å²) in [4.78, 5) is 47.2. The van der Waals surface area contributed by atoms with Crippen LogP contribution in [0.25, 0.3) is 0 Å². The van der Waals surface area contributed by atoms with Crippen LogP contribution in [-0.2, 0) is 38.1 Å². The number of hydrogen-bond acceptors (Lipinski definition) is 10. The lowest BCUT2D eigenvalue weighted by Crippen LogP contribution is -2.66.